The topological polar surface area (TPSA) is 72.6 Å². The van der Waals surface area contributed by atoms with Crippen LogP contribution in [-0.2, 0) is 11.3 Å². The number of anilines is 2. The number of hydrogen-bond acceptors (Lipinski definition) is 7. The van der Waals surface area contributed by atoms with Crippen molar-refractivity contribution >= 4 is 51.8 Å². The van der Waals surface area contributed by atoms with Crippen LogP contribution in [0.2, 0.25) is 0 Å². The first kappa shape index (κ1) is 26.9. The fourth-order valence-corrected chi connectivity index (χ4v) is 6.22. The van der Waals surface area contributed by atoms with Crippen LogP contribution in [0.25, 0.3) is 6.08 Å². The Morgan fingerprint density at radius 3 is 2.32 bits per heavy atom. The van der Waals surface area contributed by atoms with E-state index in [4.69, 9.17) is 12.2 Å². The van der Waals surface area contributed by atoms with Crippen LogP contribution in [0, 0.1) is 24.1 Å². The minimum absolute atomic E-state index is 0.0160. The monoisotopic (exact) mass is 539 g/mol. The van der Waals surface area contributed by atoms with Crippen molar-refractivity contribution in [2.45, 2.75) is 46.7 Å². The Hall–Kier alpha value is -3.16. The molecule has 2 fully saturated rings. The molecule has 2 saturated heterocycles. The van der Waals surface area contributed by atoms with Crippen molar-refractivity contribution in [2.75, 3.05) is 36.0 Å². The molecule has 0 N–H and O–H groups in total. The quantitative estimate of drug-likeness (QED) is 0.395. The number of benzene rings is 1. The van der Waals surface area contributed by atoms with E-state index in [0.717, 1.165) is 12.1 Å². The Morgan fingerprint density at radius 2 is 1.76 bits per heavy atom. The highest BCUT2D eigenvalue weighted by Crippen LogP contribution is 2.37. The molecule has 1 aromatic carbocycles. The summed E-state index contributed by atoms with van der Waals surface area (Å²) < 4.78 is 15.5. The number of carbonyl (C=O) groups is 1. The van der Waals surface area contributed by atoms with Crippen molar-refractivity contribution in [2.24, 2.45) is 0 Å². The van der Waals surface area contributed by atoms with Gasteiger partial charge in [-0.2, -0.15) is 5.26 Å². The lowest BCUT2D eigenvalue weighted by Crippen LogP contribution is -2.48. The lowest BCUT2D eigenvalue weighted by atomic mass is 10.0. The summed E-state index contributed by atoms with van der Waals surface area (Å²) >= 11 is 6.77. The van der Waals surface area contributed by atoms with E-state index in [1.165, 1.54) is 23.9 Å². The van der Waals surface area contributed by atoms with Gasteiger partial charge >= 0.3 is 0 Å². The average Bonchev–Trinajstić information content (AvgIpc) is 3.18. The Kier molecular flexibility index (Phi) is 8.05. The van der Waals surface area contributed by atoms with E-state index in [0.29, 0.717) is 58.9 Å². The van der Waals surface area contributed by atoms with Gasteiger partial charge in [-0.15, -0.1) is 0 Å². The minimum atomic E-state index is -0.331. The van der Waals surface area contributed by atoms with Gasteiger partial charge in [-0.05, 0) is 63.1 Å². The van der Waals surface area contributed by atoms with E-state index in [1.54, 1.807) is 34.6 Å². The number of amides is 1. The lowest BCUT2D eigenvalue weighted by molar-refractivity contribution is -0.123. The van der Waals surface area contributed by atoms with Crippen molar-refractivity contribution in [3.05, 3.63) is 62.0 Å². The Bertz CT molecular complexity index is 1350. The van der Waals surface area contributed by atoms with Crippen LogP contribution in [0.4, 0.5) is 15.9 Å². The molecule has 3 heterocycles. The van der Waals surface area contributed by atoms with Crippen LogP contribution in [0.15, 0.2) is 34.0 Å². The van der Waals surface area contributed by atoms with Gasteiger partial charge in [-0.1, -0.05) is 30.9 Å². The molecule has 0 radical (unpaired) electrons. The summed E-state index contributed by atoms with van der Waals surface area (Å²) in [6.07, 6.45) is 2.58. The van der Waals surface area contributed by atoms with Crippen LogP contribution in [0.3, 0.4) is 0 Å². The van der Waals surface area contributed by atoms with Crippen molar-refractivity contribution in [3.63, 3.8) is 0 Å². The first-order chi connectivity index (χ1) is 17.7. The molecule has 0 spiro atoms. The second-order valence-electron chi connectivity index (χ2n) is 9.16. The molecule has 0 aliphatic carbocycles. The number of piperazine rings is 1. The highest BCUT2D eigenvalue weighted by molar-refractivity contribution is 8.26. The predicted molar refractivity (Wildman–Crippen MR) is 151 cm³/mol. The Balaban J connectivity index is 1.76. The molecule has 7 nitrogen and oxygen atoms in total. The molecule has 2 aliphatic rings. The maximum atomic E-state index is 13.4. The number of aromatic nitrogens is 1. The zero-order valence-electron chi connectivity index (χ0n) is 21.5. The van der Waals surface area contributed by atoms with Gasteiger partial charge in [-0.3, -0.25) is 19.1 Å². The number of carbonyl (C=O) groups excluding carboxylic acids is 1. The van der Waals surface area contributed by atoms with Crippen molar-refractivity contribution in [1.82, 2.24) is 9.47 Å². The molecular weight excluding hydrogens is 509 g/mol. The van der Waals surface area contributed by atoms with Gasteiger partial charge in [0.2, 0.25) is 0 Å². The summed E-state index contributed by atoms with van der Waals surface area (Å²) in [4.78, 5) is 33.0. The second-order valence-corrected chi connectivity index (χ2v) is 10.8. The summed E-state index contributed by atoms with van der Waals surface area (Å²) in [5.41, 5.74) is 1.95. The minimum Gasteiger partial charge on any atom is -0.368 e. The summed E-state index contributed by atoms with van der Waals surface area (Å²) in [5, 5.41) is 9.79. The summed E-state index contributed by atoms with van der Waals surface area (Å²) in [5.74, 6) is 0.283. The number of rotatable bonds is 6. The maximum absolute atomic E-state index is 13.4. The molecule has 1 unspecified atom stereocenters. The number of thiocarbonyl (C=S) groups is 1. The zero-order valence-corrected chi connectivity index (χ0v) is 23.1. The molecule has 4 rings (SSSR count). The van der Waals surface area contributed by atoms with Crippen molar-refractivity contribution < 1.29 is 9.18 Å². The largest absolute Gasteiger partial charge is 0.368 e. The molecule has 1 atom stereocenters. The zero-order chi connectivity index (χ0) is 26.9. The number of nitrogens with zero attached hydrogens (tertiary/aromatic N) is 5. The molecule has 1 aromatic heterocycles. The number of nitriles is 1. The Labute approximate surface area is 226 Å². The number of hydrogen-bond donors (Lipinski definition) is 0. The Morgan fingerprint density at radius 1 is 1.14 bits per heavy atom. The summed E-state index contributed by atoms with van der Waals surface area (Å²) in [6.45, 7) is 10.6. The molecule has 37 heavy (non-hydrogen) atoms. The highest BCUT2D eigenvalue weighted by Gasteiger charge is 2.35. The summed E-state index contributed by atoms with van der Waals surface area (Å²) in [7, 11) is 0. The number of halogens is 1. The van der Waals surface area contributed by atoms with Gasteiger partial charge in [-0.25, -0.2) is 4.39 Å². The van der Waals surface area contributed by atoms with E-state index >= 15 is 0 Å². The third kappa shape index (κ3) is 5.03. The lowest BCUT2D eigenvalue weighted by Gasteiger charge is -2.39. The average molecular weight is 540 g/mol. The SMILES string of the molecule is CCC(C)N1C(=O)C(=Cc2c(C)c(C#N)c(=O)n(CC)c2N2CCN(c3ccc(F)cc3)CC2)SC1=S. The van der Waals surface area contributed by atoms with Gasteiger partial charge < -0.3 is 9.80 Å². The third-order valence-corrected chi connectivity index (χ3v) is 8.39. The van der Waals surface area contributed by atoms with Gasteiger partial charge in [0.25, 0.3) is 11.5 Å². The smallest absolute Gasteiger partial charge is 0.270 e. The molecule has 0 saturated carbocycles. The van der Waals surface area contributed by atoms with Gasteiger partial charge in [0.05, 0.1) is 4.91 Å². The maximum Gasteiger partial charge on any atom is 0.270 e. The third-order valence-electron chi connectivity index (χ3n) is 7.06. The van der Waals surface area contributed by atoms with E-state index in [9.17, 15) is 19.2 Å². The van der Waals surface area contributed by atoms with Gasteiger partial charge in [0.15, 0.2) is 0 Å². The normalized spacial score (nSPS) is 18.1. The van der Waals surface area contributed by atoms with Gasteiger partial charge in [0.1, 0.15) is 27.6 Å². The van der Waals surface area contributed by atoms with Crippen LogP contribution < -0.4 is 15.4 Å². The first-order valence-corrected chi connectivity index (χ1v) is 13.6. The standard InChI is InChI=1S/C27H30FN5O2S2/c1-5-17(3)33-26(35)23(37-27(33)36)15-21-18(4)22(16-29)25(34)32(6-2)24(21)31-13-11-30(12-14-31)20-9-7-19(28)8-10-20/h7-10,15,17H,5-6,11-14H2,1-4H3. The summed E-state index contributed by atoms with van der Waals surface area (Å²) in [6, 6.07) is 8.50. The molecule has 2 aromatic rings. The molecular formula is C27H30FN5O2S2. The first-order valence-electron chi connectivity index (χ1n) is 12.4. The highest BCUT2D eigenvalue weighted by atomic mass is 32.2. The second kappa shape index (κ2) is 11.1. The fraction of sp³-hybridized carbons (Fsp3) is 0.407. The van der Waals surface area contributed by atoms with E-state index in [1.807, 2.05) is 20.8 Å². The van der Waals surface area contributed by atoms with E-state index in [2.05, 4.69) is 15.9 Å². The van der Waals surface area contributed by atoms with E-state index in [-0.39, 0.29) is 28.9 Å². The van der Waals surface area contributed by atoms with Gasteiger partial charge in [0, 0.05) is 50.0 Å². The molecule has 10 heteroatoms. The van der Waals surface area contributed by atoms with Crippen molar-refractivity contribution in [1.29, 1.82) is 5.26 Å². The van der Waals surface area contributed by atoms with Crippen LogP contribution in [0.1, 0.15) is 43.9 Å². The molecule has 1 amide bonds. The molecule has 2 aliphatic heterocycles. The molecule has 0 bridgehead atoms. The predicted octanol–water partition coefficient (Wildman–Crippen LogP) is 4.51. The van der Waals surface area contributed by atoms with Crippen LogP contribution in [-0.4, -0.2) is 51.9 Å². The molecule has 194 valence electrons. The number of pyridine rings is 1. The fourth-order valence-electron chi connectivity index (χ4n) is 4.78. The number of thioether (sulfide) groups is 1. The van der Waals surface area contributed by atoms with Crippen LogP contribution >= 0.6 is 24.0 Å². The van der Waals surface area contributed by atoms with E-state index < -0.39 is 0 Å². The van der Waals surface area contributed by atoms with Crippen molar-refractivity contribution in [3.8, 4) is 6.07 Å². The van der Waals surface area contributed by atoms with Crippen LogP contribution in [0.5, 0.6) is 0 Å².